The zero-order valence-corrected chi connectivity index (χ0v) is 23.3. The van der Waals surface area contributed by atoms with Gasteiger partial charge in [-0.3, -0.25) is 9.59 Å². The summed E-state index contributed by atoms with van der Waals surface area (Å²) in [6.45, 7) is 2.04. The lowest BCUT2D eigenvalue weighted by atomic mass is 9.87. The third-order valence-electron chi connectivity index (χ3n) is 6.82. The van der Waals surface area contributed by atoms with Crippen LogP contribution in [0.3, 0.4) is 0 Å². The Bertz CT molecular complexity index is 1580. The minimum Gasteiger partial charge on any atom is -0.506 e. The van der Waals surface area contributed by atoms with Gasteiger partial charge in [0.2, 0.25) is 11.7 Å². The van der Waals surface area contributed by atoms with Crippen LogP contribution in [0.4, 0.5) is 0 Å². The number of benzene rings is 2. The second kappa shape index (κ2) is 12.9. The van der Waals surface area contributed by atoms with E-state index in [9.17, 15) is 19.5 Å². The molecule has 1 atom stereocenters. The van der Waals surface area contributed by atoms with Crippen molar-refractivity contribution in [2.24, 2.45) is 0 Å². The lowest BCUT2D eigenvalue weighted by molar-refractivity contribution is -0.121. The molecule has 4 N–H and O–H groups in total. The number of carbonyl (C=O) groups excluding carboxylic acids is 2. The second-order valence-corrected chi connectivity index (χ2v) is 9.19. The Morgan fingerprint density at radius 3 is 2.37 bits per heavy atom. The molecule has 0 fully saturated rings. The third kappa shape index (κ3) is 6.13. The quantitative estimate of drug-likeness (QED) is 0.191. The molecule has 0 aliphatic carbocycles. The molecular formula is C30H33N3O8. The molecule has 4 rings (SSSR count). The number of aromatic amines is 2. The third-order valence-corrected chi connectivity index (χ3v) is 6.82. The van der Waals surface area contributed by atoms with Crippen LogP contribution >= 0.6 is 0 Å². The van der Waals surface area contributed by atoms with E-state index < -0.39 is 23.2 Å². The second-order valence-electron chi connectivity index (χ2n) is 9.19. The summed E-state index contributed by atoms with van der Waals surface area (Å²) in [5.74, 6) is -1.84. The number of H-pyrrole nitrogens is 2. The first-order chi connectivity index (χ1) is 19.8. The van der Waals surface area contributed by atoms with Crippen molar-refractivity contribution in [1.82, 2.24) is 15.3 Å². The van der Waals surface area contributed by atoms with E-state index in [2.05, 4.69) is 15.3 Å². The van der Waals surface area contributed by atoms with Gasteiger partial charge in [0.15, 0.2) is 11.5 Å². The largest absolute Gasteiger partial charge is 0.506 e. The van der Waals surface area contributed by atoms with E-state index in [1.807, 2.05) is 30.5 Å². The molecule has 11 heteroatoms. The van der Waals surface area contributed by atoms with Gasteiger partial charge in [-0.05, 0) is 42.7 Å². The van der Waals surface area contributed by atoms with Crippen molar-refractivity contribution in [3.05, 3.63) is 81.4 Å². The standard InChI is InChI=1S/C30H33N3O8/c1-5-41-30(37)21-16-33-29(36)26(27(21)35)20(18-12-23(38-2)28(40-4)24(13-18)39-3)14-25(34)31-11-10-17-15-32-22-9-7-6-8-19(17)22/h6-9,12-13,15-16,20,32H,5,10-11,14H2,1-4H3,(H,31,34)(H2,33,35,36)/t20-/m0/s1. The summed E-state index contributed by atoms with van der Waals surface area (Å²) >= 11 is 0. The number of esters is 1. The molecule has 2 aromatic carbocycles. The van der Waals surface area contributed by atoms with E-state index in [0.29, 0.717) is 35.8 Å². The number of carbonyl (C=O) groups is 2. The zero-order valence-electron chi connectivity index (χ0n) is 23.3. The van der Waals surface area contributed by atoms with Gasteiger partial charge < -0.3 is 39.3 Å². The Morgan fingerprint density at radius 2 is 1.71 bits per heavy atom. The number of hydrogen-bond donors (Lipinski definition) is 4. The van der Waals surface area contributed by atoms with Crippen molar-refractivity contribution in [3.63, 3.8) is 0 Å². The van der Waals surface area contributed by atoms with E-state index >= 15 is 0 Å². The van der Waals surface area contributed by atoms with Crippen LogP contribution in [0, 0.1) is 0 Å². The van der Waals surface area contributed by atoms with Gasteiger partial charge in [-0.1, -0.05) is 18.2 Å². The maximum atomic E-state index is 13.3. The van der Waals surface area contributed by atoms with Crippen LogP contribution in [-0.4, -0.2) is 61.4 Å². The summed E-state index contributed by atoms with van der Waals surface area (Å²) in [4.78, 5) is 44.6. The van der Waals surface area contributed by atoms with Crippen LogP contribution in [-0.2, 0) is 16.0 Å². The Kier molecular flexibility index (Phi) is 9.18. The van der Waals surface area contributed by atoms with Crippen LogP contribution < -0.4 is 25.1 Å². The molecule has 0 bridgehead atoms. The number of hydrogen-bond acceptors (Lipinski definition) is 8. The monoisotopic (exact) mass is 563 g/mol. The predicted octanol–water partition coefficient (Wildman–Crippen LogP) is 3.65. The number of amides is 1. The summed E-state index contributed by atoms with van der Waals surface area (Å²) in [6.07, 6.45) is 3.35. The Hall–Kier alpha value is -4.93. The maximum Gasteiger partial charge on any atom is 0.343 e. The number of nitrogens with one attached hydrogen (secondary N) is 3. The number of ether oxygens (including phenoxy) is 4. The van der Waals surface area contributed by atoms with Crippen LogP contribution in [0.1, 0.15) is 46.3 Å². The molecule has 0 saturated heterocycles. The highest BCUT2D eigenvalue weighted by Gasteiger charge is 2.30. The molecule has 0 spiro atoms. The number of aromatic nitrogens is 2. The first kappa shape index (κ1) is 29.1. The minimum atomic E-state index is -0.991. The molecule has 0 radical (unpaired) electrons. The molecule has 2 heterocycles. The van der Waals surface area contributed by atoms with Crippen LogP contribution in [0.2, 0.25) is 0 Å². The fourth-order valence-corrected chi connectivity index (χ4v) is 4.85. The van der Waals surface area contributed by atoms with Crippen molar-refractivity contribution in [1.29, 1.82) is 0 Å². The highest BCUT2D eigenvalue weighted by Crippen LogP contribution is 2.43. The van der Waals surface area contributed by atoms with Crippen LogP contribution in [0.15, 0.2) is 53.6 Å². The molecular weight excluding hydrogens is 530 g/mol. The molecule has 0 saturated carbocycles. The zero-order chi connectivity index (χ0) is 29.5. The van der Waals surface area contributed by atoms with E-state index in [-0.39, 0.29) is 30.1 Å². The van der Waals surface area contributed by atoms with Gasteiger partial charge in [-0.15, -0.1) is 0 Å². The number of aromatic hydroxyl groups is 1. The van der Waals surface area contributed by atoms with Crippen molar-refractivity contribution in [2.45, 2.75) is 25.7 Å². The number of para-hydroxylation sites is 1. The maximum absolute atomic E-state index is 13.3. The molecule has 4 aromatic rings. The van der Waals surface area contributed by atoms with Gasteiger partial charge in [0.25, 0.3) is 5.56 Å². The van der Waals surface area contributed by atoms with Crippen molar-refractivity contribution >= 4 is 22.8 Å². The van der Waals surface area contributed by atoms with Gasteiger partial charge in [-0.2, -0.15) is 0 Å². The summed E-state index contributed by atoms with van der Waals surface area (Å²) in [5, 5.41) is 15.1. The fraction of sp³-hybridized carbons (Fsp3) is 0.300. The molecule has 0 unspecified atom stereocenters. The molecule has 0 aliphatic heterocycles. The molecule has 1 amide bonds. The van der Waals surface area contributed by atoms with Gasteiger partial charge in [0.05, 0.1) is 33.5 Å². The molecule has 41 heavy (non-hydrogen) atoms. The summed E-state index contributed by atoms with van der Waals surface area (Å²) in [7, 11) is 4.34. The Morgan fingerprint density at radius 1 is 1.00 bits per heavy atom. The molecule has 0 aliphatic rings. The number of rotatable bonds is 12. The smallest absolute Gasteiger partial charge is 0.343 e. The van der Waals surface area contributed by atoms with Crippen molar-refractivity contribution < 1.29 is 33.6 Å². The van der Waals surface area contributed by atoms with Crippen LogP contribution in [0.5, 0.6) is 23.0 Å². The van der Waals surface area contributed by atoms with E-state index in [4.69, 9.17) is 18.9 Å². The normalized spacial score (nSPS) is 11.6. The number of pyridine rings is 1. The topological polar surface area (TPSA) is 152 Å². The first-order valence-electron chi connectivity index (χ1n) is 13.1. The highest BCUT2D eigenvalue weighted by molar-refractivity contribution is 5.92. The average Bonchev–Trinajstić information content (AvgIpc) is 3.38. The minimum absolute atomic E-state index is 0.0713. The summed E-state index contributed by atoms with van der Waals surface area (Å²) < 4.78 is 21.4. The van der Waals surface area contributed by atoms with Gasteiger partial charge in [0, 0.05) is 42.2 Å². The number of methoxy groups -OCH3 is 3. The van der Waals surface area contributed by atoms with E-state index in [1.165, 1.54) is 21.3 Å². The Balaban J connectivity index is 1.69. The molecule has 216 valence electrons. The van der Waals surface area contributed by atoms with Gasteiger partial charge in [-0.25, -0.2) is 4.79 Å². The SMILES string of the molecule is CCOC(=O)c1c[nH]c(=O)c([C@@H](CC(=O)NCCc2c[nH]c3ccccc23)c2cc(OC)c(OC)c(OC)c2)c1O. The summed E-state index contributed by atoms with van der Waals surface area (Å²) in [6, 6.07) is 11.1. The predicted molar refractivity (Wildman–Crippen MR) is 152 cm³/mol. The molecule has 11 nitrogen and oxygen atoms in total. The number of fused-ring (bicyclic) bond motifs is 1. The lowest BCUT2D eigenvalue weighted by Gasteiger charge is -2.21. The summed E-state index contributed by atoms with van der Waals surface area (Å²) in [5.41, 5.74) is 1.43. The van der Waals surface area contributed by atoms with E-state index in [0.717, 1.165) is 22.7 Å². The van der Waals surface area contributed by atoms with E-state index in [1.54, 1.807) is 19.1 Å². The van der Waals surface area contributed by atoms with Crippen molar-refractivity contribution in [3.8, 4) is 23.0 Å². The average molecular weight is 564 g/mol. The van der Waals surface area contributed by atoms with Gasteiger partial charge >= 0.3 is 5.97 Å². The van der Waals surface area contributed by atoms with Gasteiger partial charge in [0.1, 0.15) is 11.3 Å². The first-order valence-corrected chi connectivity index (χ1v) is 13.1. The highest BCUT2D eigenvalue weighted by atomic mass is 16.5. The van der Waals surface area contributed by atoms with Crippen molar-refractivity contribution in [2.75, 3.05) is 34.5 Å². The molecule has 2 aromatic heterocycles. The fourth-order valence-electron chi connectivity index (χ4n) is 4.85. The Labute approximate surface area is 236 Å². The lowest BCUT2D eigenvalue weighted by Crippen LogP contribution is -2.29. The van der Waals surface area contributed by atoms with Crippen LogP contribution in [0.25, 0.3) is 10.9 Å².